The van der Waals surface area contributed by atoms with Crippen LogP contribution in [0.15, 0.2) is 28.1 Å². The van der Waals surface area contributed by atoms with Crippen LogP contribution in [0.1, 0.15) is 40.6 Å². The lowest BCUT2D eigenvalue weighted by Crippen LogP contribution is -2.44. The molecule has 0 bridgehead atoms. The third-order valence-electron chi connectivity index (χ3n) is 5.32. The molecule has 2 N–H and O–H groups in total. The molecule has 1 aliphatic rings. The number of carbonyl (C=O) groups excluding carboxylic acids is 1. The van der Waals surface area contributed by atoms with E-state index in [-0.39, 0.29) is 11.4 Å². The molecule has 1 aromatic heterocycles. The molecule has 0 fully saturated rings. The molecule has 2 heterocycles. The lowest BCUT2D eigenvalue weighted by molar-refractivity contribution is 0.0725. The van der Waals surface area contributed by atoms with Gasteiger partial charge in [-0.2, -0.15) is 0 Å². The summed E-state index contributed by atoms with van der Waals surface area (Å²) in [7, 11) is 3.22. The van der Waals surface area contributed by atoms with E-state index in [0.29, 0.717) is 30.2 Å². The molecule has 1 aliphatic heterocycles. The molecule has 2 aromatic rings. The van der Waals surface area contributed by atoms with Gasteiger partial charge in [0.15, 0.2) is 11.5 Å². The largest absolute Gasteiger partial charge is 0.493 e. The Labute approximate surface area is 178 Å². The number of fused-ring (bicyclic) bond motifs is 1. The van der Waals surface area contributed by atoms with E-state index in [9.17, 15) is 4.79 Å². The number of amides is 1. The zero-order valence-corrected chi connectivity index (χ0v) is 19.0. The summed E-state index contributed by atoms with van der Waals surface area (Å²) in [6, 6.07) is 7.84. The maximum atomic E-state index is 13.0. The summed E-state index contributed by atoms with van der Waals surface area (Å²) in [6.45, 7) is 3.41. The lowest BCUT2D eigenvalue weighted by atomic mass is 9.91. The summed E-state index contributed by atoms with van der Waals surface area (Å²) < 4.78 is 12.0. The number of hydrogen-bond acceptors (Lipinski definition) is 5. The highest BCUT2D eigenvalue weighted by atomic mass is 79.9. The molecule has 7 heteroatoms. The van der Waals surface area contributed by atoms with Gasteiger partial charge >= 0.3 is 0 Å². The molecule has 1 amide bonds. The Hall–Kier alpha value is -1.57. The molecular formula is C21H27BrN2O3S. The highest BCUT2D eigenvalue weighted by Crippen LogP contribution is 2.36. The number of rotatable bonds is 8. The van der Waals surface area contributed by atoms with Crippen LogP contribution in [0.4, 0.5) is 0 Å². The van der Waals surface area contributed by atoms with Gasteiger partial charge in [0.05, 0.1) is 18.0 Å². The highest BCUT2D eigenvalue weighted by molar-refractivity contribution is 9.11. The average Bonchev–Trinajstić information content (AvgIpc) is 3.10. The molecule has 0 saturated carbocycles. The highest BCUT2D eigenvalue weighted by Gasteiger charge is 2.30. The zero-order chi connectivity index (χ0) is 20.3. The van der Waals surface area contributed by atoms with Crippen LogP contribution in [-0.2, 0) is 12.8 Å². The summed E-state index contributed by atoms with van der Waals surface area (Å²) in [5.74, 6) is 1.37. The predicted molar refractivity (Wildman–Crippen MR) is 117 cm³/mol. The SMILES string of the molecule is COc1ccc2c(c1OC)CCN(CCC(C)(N)CCc1ccc(Br)s1)C2=O. The van der Waals surface area contributed by atoms with Crippen molar-refractivity contribution < 1.29 is 14.3 Å². The van der Waals surface area contributed by atoms with E-state index < -0.39 is 0 Å². The van der Waals surface area contributed by atoms with Crippen LogP contribution in [-0.4, -0.2) is 43.7 Å². The molecule has 0 radical (unpaired) electrons. The van der Waals surface area contributed by atoms with Gasteiger partial charge in [0.25, 0.3) is 5.91 Å². The first-order chi connectivity index (χ1) is 13.3. The van der Waals surface area contributed by atoms with Crippen molar-refractivity contribution in [3.63, 3.8) is 0 Å². The number of carbonyl (C=O) groups is 1. The minimum absolute atomic E-state index is 0.0418. The third-order valence-corrected chi connectivity index (χ3v) is 7.01. The second-order valence-corrected chi connectivity index (χ2v) is 10.0. The van der Waals surface area contributed by atoms with Gasteiger partial charge < -0.3 is 20.1 Å². The number of ether oxygens (including phenoxy) is 2. The molecule has 5 nitrogen and oxygen atoms in total. The van der Waals surface area contributed by atoms with Crippen LogP contribution in [0.2, 0.25) is 0 Å². The number of nitrogens with two attached hydrogens (primary N) is 1. The van der Waals surface area contributed by atoms with Crippen LogP contribution in [0, 0.1) is 0 Å². The number of benzene rings is 1. The second-order valence-electron chi connectivity index (χ2n) is 7.48. The predicted octanol–water partition coefficient (Wildman–Crippen LogP) is 4.27. The van der Waals surface area contributed by atoms with Crippen molar-refractivity contribution in [2.24, 2.45) is 5.73 Å². The van der Waals surface area contributed by atoms with E-state index in [1.54, 1.807) is 31.6 Å². The molecule has 0 spiro atoms. The van der Waals surface area contributed by atoms with E-state index >= 15 is 0 Å². The molecule has 28 heavy (non-hydrogen) atoms. The fourth-order valence-electron chi connectivity index (χ4n) is 3.58. The summed E-state index contributed by atoms with van der Waals surface area (Å²) in [5, 5.41) is 0. The topological polar surface area (TPSA) is 64.8 Å². The third kappa shape index (κ3) is 4.70. The Morgan fingerprint density at radius 1 is 1.21 bits per heavy atom. The van der Waals surface area contributed by atoms with Crippen molar-refractivity contribution in [1.82, 2.24) is 4.90 Å². The number of aryl methyl sites for hydroxylation is 1. The van der Waals surface area contributed by atoms with E-state index in [1.165, 1.54) is 4.88 Å². The standard InChI is InChI=1S/C21H27BrN2O3S/c1-21(23,10-8-14-4-7-18(22)28-14)11-13-24-12-9-15-16(20(24)25)5-6-17(26-2)19(15)27-3/h4-7H,8-13,23H2,1-3H3. The molecule has 1 aromatic carbocycles. The quantitative estimate of drug-likeness (QED) is 0.630. The monoisotopic (exact) mass is 466 g/mol. The van der Waals surface area contributed by atoms with Crippen molar-refractivity contribution in [3.05, 3.63) is 44.1 Å². The van der Waals surface area contributed by atoms with Crippen molar-refractivity contribution in [1.29, 1.82) is 0 Å². The lowest BCUT2D eigenvalue weighted by Gasteiger charge is -2.33. The summed E-state index contributed by atoms with van der Waals surface area (Å²) in [4.78, 5) is 16.2. The molecular weight excluding hydrogens is 440 g/mol. The molecule has 0 aliphatic carbocycles. The first-order valence-corrected chi connectivity index (χ1v) is 11.0. The van der Waals surface area contributed by atoms with E-state index in [2.05, 4.69) is 35.0 Å². The van der Waals surface area contributed by atoms with Gasteiger partial charge in [-0.1, -0.05) is 0 Å². The van der Waals surface area contributed by atoms with Crippen LogP contribution in [0.3, 0.4) is 0 Å². The fraction of sp³-hybridized carbons (Fsp3) is 0.476. The molecule has 152 valence electrons. The first kappa shape index (κ1) is 21.1. The van der Waals surface area contributed by atoms with E-state index in [4.69, 9.17) is 15.2 Å². The van der Waals surface area contributed by atoms with Gasteiger partial charge in [0, 0.05) is 34.6 Å². The molecule has 1 atom stereocenters. The molecule has 1 unspecified atom stereocenters. The Morgan fingerprint density at radius 2 is 2.00 bits per heavy atom. The van der Waals surface area contributed by atoms with Crippen LogP contribution in [0.5, 0.6) is 11.5 Å². The second kappa shape index (κ2) is 8.84. The summed E-state index contributed by atoms with van der Waals surface area (Å²) in [5.41, 5.74) is 7.85. The van der Waals surface area contributed by atoms with Crippen LogP contribution >= 0.6 is 27.3 Å². The fourth-order valence-corrected chi connectivity index (χ4v) is 5.06. The van der Waals surface area contributed by atoms with Gasteiger partial charge in [-0.05, 0) is 72.8 Å². The van der Waals surface area contributed by atoms with Crippen molar-refractivity contribution in [2.45, 2.75) is 38.1 Å². The number of thiophene rings is 1. The van der Waals surface area contributed by atoms with Crippen LogP contribution in [0.25, 0.3) is 0 Å². The Morgan fingerprint density at radius 3 is 2.64 bits per heavy atom. The smallest absolute Gasteiger partial charge is 0.254 e. The maximum absolute atomic E-state index is 13.0. The Balaban J connectivity index is 1.62. The number of methoxy groups -OCH3 is 2. The Bertz CT molecular complexity index is 850. The van der Waals surface area contributed by atoms with Gasteiger partial charge in [-0.25, -0.2) is 0 Å². The van der Waals surface area contributed by atoms with Gasteiger partial charge in [0.1, 0.15) is 0 Å². The zero-order valence-electron chi connectivity index (χ0n) is 16.6. The minimum atomic E-state index is -0.311. The minimum Gasteiger partial charge on any atom is -0.493 e. The van der Waals surface area contributed by atoms with Crippen LogP contribution < -0.4 is 15.2 Å². The molecule has 3 rings (SSSR count). The average molecular weight is 467 g/mol. The number of halogens is 1. The summed E-state index contributed by atoms with van der Waals surface area (Å²) >= 11 is 5.25. The van der Waals surface area contributed by atoms with E-state index in [1.807, 2.05) is 11.0 Å². The van der Waals surface area contributed by atoms with Crippen molar-refractivity contribution in [3.8, 4) is 11.5 Å². The van der Waals surface area contributed by atoms with Gasteiger partial charge in [-0.3, -0.25) is 4.79 Å². The maximum Gasteiger partial charge on any atom is 0.254 e. The first-order valence-electron chi connectivity index (χ1n) is 9.41. The Kier molecular flexibility index (Phi) is 6.68. The van der Waals surface area contributed by atoms with Gasteiger partial charge in [-0.15, -0.1) is 11.3 Å². The van der Waals surface area contributed by atoms with Crippen molar-refractivity contribution >= 4 is 33.2 Å². The van der Waals surface area contributed by atoms with Crippen molar-refractivity contribution in [2.75, 3.05) is 27.3 Å². The number of hydrogen-bond donors (Lipinski definition) is 1. The molecule has 0 saturated heterocycles. The normalized spacial score (nSPS) is 15.9. The summed E-state index contributed by atoms with van der Waals surface area (Å²) in [6.07, 6.45) is 3.38. The number of nitrogens with zero attached hydrogens (tertiary/aromatic N) is 1. The van der Waals surface area contributed by atoms with Gasteiger partial charge in [0.2, 0.25) is 0 Å². The van der Waals surface area contributed by atoms with E-state index in [0.717, 1.165) is 35.0 Å².